The molecule has 0 saturated carbocycles. The van der Waals surface area contributed by atoms with Gasteiger partial charge in [0.05, 0.1) is 19.3 Å². The maximum absolute atomic E-state index is 12.6. The number of carbonyl (C=O) groups is 3. The van der Waals surface area contributed by atoms with Gasteiger partial charge in [0.25, 0.3) is 0 Å². The van der Waals surface area contributed by atoms with E-state index in [0.29, 0.717) is 6.42 Å². The van der Waals surface area contributed by atoms with Crippen LogP contribution >= 0.6 is 0 Å². The molecular weight excluding hydrogens is 448 g/mol. The molecule has 1 fully saturated rings. The van der Waals surface area contributed by atoms with Gasteiger partial charge in [0.1, 0.15) is 12.0 Å². The van der Waals surface area contributed by atoms with Crippen LogP contribution in [0.25, 0.3) is 11.1 Å². The van der Waals surface area contributed by atoms with Crippen molar-refractivity contribution >= 4 is 18.0 Å². The molecule has 0 radical (unpaired) electrons. The highest BCUT2D eigenvalue weighted by molar-refractivity contribution is 5.81. The van der Waals surface area contributed by atoms with Gasteiger partial charge in [-0.05, 0) is 35.1 Å². The monoisotopic (exact) mass is 480 g/mol. The lowest BCUT2D eigenvalue weighted by molar-refractivity contribution is -0.149. The number of amides is 2. The third-order valence-electron chi connectivity index (χ3n) is 7.21. The topological polar surface area (TPSA) is 114 Å². The fourth-order valence-corrected chi connectivity index (χ4v) is 4.84. The van der Waals surface area contributed by atoms with Crippen LogP contribution in [0.1, 0.15) is 43.7 Å². The average Bonchev–Trinajstić information content (AvgIpc) is 3.39. The molecule has 3 N–H and O–H groups in total. The van der Waals surface area contributed by atoms with E-state index in [2.05, 4.69) is 34.9 Å². The summed E-state index contributed by atoms with van der Waals surface area (Å²) in [7, 11) is 0. The molecule has 1 aliphatic heterocycles. The Labute approximate surface area is 205 Å². The quantitative estimate of drug-likeness (QED) is 0.506. The molecule has 1 aliphatic carbocycles. The van der Waals surface area contributed by atoms with Crippen molar-refractivity contribution in [2.24, 2.45) is 11.3 Å². The van der Waals surface area contributed by atoms with Crippen LogP contribution in [0.15, 0.2) is 48.5 Å². The molecule has 1 heterocycles. The molecule has 0 bridgehead atoms. The molecule has 2 amide bonds. The van der Waals surface area contributed by atoms with Gasteiger partial charge < -0.3 is 25.2 Å². The number of nitrogens with one attached hydrogen (secondary N) is 2. The second-order valence-electron chi connectivity index (χ2n) is 9.54. The molecule has 4 rings (SSSR count). The lowest BCUT2D eigenvalue weighted by Gasteiger charge is -2.26. The summed E-state index contributed by atoms with van der Waals surface area (Å²) in [4.78, 5) is 36.6. The van der Waals surface area contributed by atoms with Gasteiger partial charge in [0, 0.05) is 18.9 Å². The Balaban J connectivity index is 1.27. The zero-order valence-corrected chi connectivity index (χ0v) is 20.1. The van der Waals surface area contributed by atoms with Gasteiger partial charge in [-0.2, -0.15) is 0 Å². The minimum Gasteiger partial charge on any atom is -0.481 e. The first-order valence-corrected chi connectivity index (χ1v) is 12.0. The Hall–Kier alpha value is -3.39. The average molecular weight is 481 g/mol. The summed E-state index contributed by atoms with van der Waals surface area (Å²) in [6.07, 6.45) is 0.328. The highest BCUT2D eigenvalue weighted by Gasteiger charge is 2.47. The third kappa shape index (κ3) is 5.17. The van der Waals surface area contributed by atoms with Crippen LogP contribution in [0.4, 0.5) is 4.79 Å². The number of fused-ring (bicyclic) bond motifs is 3. The second-order valence-corrected chi connectivity index (χ2v) is 9.54. The molecule has 0 spiro atoms. The number of aliphatic carboxylic acids is 1. The van der Waals surface area contributed by atoms with Crippen LogP contribution in [0.2, 0.25) is 0 Å². The van der Waals surface area contributed by atoms with E-state index in [1.165, 1.54) is 11.1 Å². The number of hydrogen-bond donors (Lipinski definition) is 3. The van der Waals surface area contributed by atoms with Crippen molar-refractivity contribution in [1.29, 1.82) is 0 Å². The number of carboxylic acid groups (broad SMARTS) is 1. The number of alkyl carbamates (subject to hydrolysis) is 1. The largest absolute Gasteiger partial charge is 0.481 e. The molecule has 3 atom stereocenters. The van der Waals surface area contributed by atoms with E-state index in [9.17, 15) is 19.5 Å². The van der Waals surface area contributed by atoms with E-state index in [-0.39, 0.29) is 50.5 Å². The molecule has 35 heavy (non-hydrogen) atoms. The molecule has 0 aromatic heterocycles. The second kappa shape index (κ2) is 10.5. The van der Waals surface area contributed by atoms with Crippen molar-refractivity contribution in [3.63, 3.8) is 0 Å². The van der Waals surface area contributed by atoms with Gasteiger partial charge in [-0.3, -0.25) is 9.59 Å². The van der Waals surface area contributed by atoms with Crippen molar-refractivity contribution in [2.75, 3.05) is 26.4 Å². The van der Waals surface area contributed by atoms with Gasteiger partial charge in [0.15, 0.2) is 0 Å². The van der Waals surface area contributed by atoms with Crippen molar-refractivity contribution in [3.05, 3.63) is 59.7 Å². The van der Waals surface area contributed by atoms with Crippen LogP contribution < -0.4 is 10.6 Å². The van der Waals surface area contributed by atoms with Gasteiger partial charge >= 0.3 is 12.1 Å². The molecule has 2 aromatic rings. The van der Waals surface area contributed by atoms with E-state index >= 15 is 0 Å². The number of benzene rings is 2. The van der Waals surface area contributed by atoms with Crippen molar-refractivity contribution in [3.8, 4) is 11.1 Å². The molecule has 2 aromatic carbocycles. The molecule has 2 aliphatic rings. The Bertz CT molecular complexity index is 1060. The van der Waals surface area contributed by atoms with Crippen molar-refractivity contribution in [2.45, 2.75) is 38.6 Å². The van der Waals surface area contributed by atoms with E-state index in [4.69, 9.17) is 9.47 Å². The Morgan fingerprint density at radius 1 is 1.11 bits per heavy atom. The van der Waals surface area contributed by atoms with Gasteiger partial charge in [-0.25, -0.2) is 4.79 Å². The minimum atomic E-state index is -1.14. The predicted octanol–water partition coefficient (Wildman–Crippen LogP) is 3.55. The SMILES string of the molecule is CCC(CNC(=O)OCC1c2ccccc2-c2ccccc21)CC(=O)NC1COCC1(C)C(=O)O. The number of hydrogen-bond acceptors (Lipinski definition) is 5. The van der Waals surface area contributed by atoms with E-state index < -0.39 is 23.5 Å². The fraction of sp³-hybridized carbons (Fsp3) is 0.444. The maximum atomic E-state index is 12.6. The Morgan fingerprint density at radius 2 is 1.74 bits per heavy atom. The zero-order chi connectivity index (χ0) is 25.0. The summed E-state index contributed by atoms with van der Waals surface area (Å²) in [5.74, 6) is -1.37. The number of carboxylic acids is 1. The summed E-state index contributed by atoms with van der Waals surface area (Å²) in [6.45, 7) is 4.27. The molecule has 186 valence electrons. The third-order valence-corrected chi connectivity index (χ3v) is 7.21. The maximum Gasteiger partial charge on any atom is 0.407 e. The lowest BCUT2D eigenvalue weighted by Crippen LogP contribution is -2.50. The molecule has 1 saturated heterocycles. The summed E-state index contributed by atoms with van der Waals surface area (Å²) in [6, 6.07) is 15.7. The number of carbonyl (C=O) groups excluding carboxylic acids is 2. The molecular formula is C27H32N2O6. The van der Waals surface area contributed by atoms with Crippen molar-refractivity contribution in [1.82, 2.24) is 10.6 Å². The van der Waals surface area contributed by atoms with E-state index in [0.717, 1.165) is 11.1 Å². The summed E-state index contributed by atoms with van der Waals surface area (Å²) in [5, 5.41) is 15.0. The van der Waals surface area contributed by atoms with Crippen LogP contribution in [0, 0.1) is 11.3 Å². The van der Waals surface area contributed by atoms with Gasteiger partial charge in [-0.15, -0.1) is 0 Å². The summed E-state index contributed by atoms with van der Waals surface area (Å²) >= 11 is 0. The van der Waals surface area contributed by atoms with Gasteiger partial charge in [0.2, 0.25) is 5.91 Å². The highest BCUT2D eigenvalue weighted by atomic mass is 16.5. The smallest absolute Gasteiger partial charge is 0.407 e. The lowest BCUT2D eigenvalue weighted by atomic mass is 9.85. The minimum absolute atomic E-state index is 0.0157. The highest BCUT2D eigenvalue weighted by Crippen LogP contribution is 2.44. The van der Waals surface area contributed by atoms with Crippen LogP contribution in [-0.2, 0) is 19.1 Å². The molecule has 8 heteroatoms. The molecule has 8 nitrogen and oxygen atoms in total. The van der Waals surface area contributed by atoms with Gasteiger partial charge in [-0.1, -0.05) is 61.9 Å². The summed E-state index contributed by atoms with van der Waals surface area (Å²) < 4.78 is 10.9. The number of rotatable bonds is 9. The first kappa shape index (κ1) is 24.7. The molecule has 3 unspecified atom stereocenters. The van der Waals surface area contributed by atoms with Crippen molar-refractivity contribution < 1.29 is 29.0 Å². The van der Waals surface area contributed by atoms with E-state index in [1.807, 2.05) is 31.2 Å². The Morgan fingerprint density at radius 3 is 2.34 bits per heavy atom. The first-order valence-electron chi connectivity index (χ1n) is 12.0. The predicted molar refractivity (Wildman–Crippen MR) is 130 cm³/mol. The normalized spacial score (nSPS) is 21.6. The first-order chi connectivity index (χ1) is 16.8. The van der Waals surface area contributed by atoms with Crippen LogP contribution in [0.5, 0.6) is 0 Å². The standard InChI is InChI=1S/C27H32N2O6/c1-3-17(12-24(30)29-23-15-34-16-27(23,2)25(31)32)13-28-26(33)35-14-22-20-10-6-4-8-18(20)19-9-5-7-11-21(19)22/h4-11,17,22-23H,3,12-16H2,1-2H3,(H,28,33)(H,29,30)(H,31,32). The van der Waals surface area contributed by atoms with Crippen LogP contribution in [-0.4, -0.2) is 55.5 Å². The van der Waals surface area contributed by atoms with Crippen LogP contribution in [0.3, 0.4) is 0 Å². The zero-order valence-electron chi connectivity index (χ0n) is 20.1. The Kier molecular flexibility index (Phi) is 7.40. The van der Waals surface area contributed by atoms with E-state index in [1.54, 1.807) is 6.92 Å². The summed E-state index contributed by atoms with van der Waals surface area (Å²) in [5.41, 5.74) is 3.49. The number of ether oxygens (including phenoxy) is 2. The fourth-order valence-electron chi connectivity index (χ4n) is 4.84.